The molecule has 1 aromatic carbocycles. The highest BCUT2D eigenvalue weighted by Gasteiger charge is 2.18. The lowest BCUT2D eigenvalue weighted by molar-refractivity contribution is 0.0520. The van der Waals surface area contributed by atoms with Gasteiger partial charge in [0.2, 0.25) is 0 Å². The van der Waals surface area contributed by atoms with Crippen LogP contribution < -0.4 is 0 Å². The molecule has 0 bridgehead atoms. The number of carbonyl (C=O) groups excluding carboxylic acids is 1. The maximum atomic E-state index is 13.4. The summed E-state index contributed by atoms with van der Waals surface area (Å²) in [5, 5.41) is 0. The molecule has 0 unspecified atom stereocenters. The lowest BCUT2D eigenvalue weighted by Gasteiger charge is -2.10. The standard InChI is InChI=1S/C11H12ClFO2/c1-3-15-11(14)10-8(6-12)7(2)4-5-9(10)13/h4-5H,3,6H2,1-2H3. The molecule has 0 spiro atoms. The number of esters is 1. The topological polar surface area (TPSA) is 26.3 Å². The fourth-order valence-electron chi connectivity index (χ4n) is 1.32. The normalized spacial score (nSPS) is 10.1. The fourth-order valence-corrected chi connectivity index (χ4v) is 1.66. The van der Waals surface area contributed by atoms with Crippen molar-refractivity contribution in [2.45, 2.75) is 19.7 Å². The molecule has 0 atom stereocenters. The monoisotopic (exact) mass is 230 g/mol. The molecule has 0 aromatic heterocycles. The van der Waals surface area contributed by atoms with Crippen molar-refractivity contribution in [3.63, 3.8) is 0 Å². The molecular formula is C11H12ClFO2. The fraction of sp³-hybridized carbons (Fsp3) is 0.364. The number of alkyl halides is 1. The Bertz CT molecular complexity index is 377. The molecule has 1 rings (SSSR count). The third-order valence-electron chi connectivity index (χ3n) is 2.11. The van der Waals surface area contributed by atoms with Crippen molar-refractivity contribution in [2.24, 2.45) is 0 Å². The van der Waals surface area contributed by atoms with E-state index in [1.807, 2.05) is 0 Å². The van der Waals surface area contributed by atoms with E-state index in [1.54, 1.807) is 19.9 Å². The second-order valence-corrected chi connectivity index (χ2v) is 3.34. The minimum absolute atomic E-state index is 0.0492. The van der Waals surface area contributed by atoms with Gasteiger partial charge in [-0.25, -0.2) is 9.18 Å². The Hall–Kier alpha value is -1.09. The van der Waals surface area contributed by atoms with E-state index in [0.29, 0.717) is 5.56 Å². The first-order valence-electron chi connectivity index (χ1n) is 4.62. The first kappa shape index (κ1) is 12.0. The molecule has 82 valence electrons. The summed E-state index contributed by atoms with van der Waals surface area (Å²) in [5.41, 5.74) is 1.23. The summed E-state index contributed by atoms with van der Waals surface area (Å²) in [4.78, 5) is 11.5. The van der Waals surface area contributed by atoms with Crippen LogP contribution in [0, 0.1) is 12.7 Å². The van der Waals surface area contributed by atoms with E-state index in [-0.39, 0.29) is 18.1 Å². The van der Waals surface area contributed by atoms with Crippen LogP contribution >= 0.6 is 11.6 Å². The van der Waals surface area contributed by atoms with Gasteiger partial charge in [0.1, 0.15) is 5.82 Å². The van der Waals surface area contributed by atoms with Crippen LogP contribution in [0.15, 0.2) is 12.1 Å². The molecule has 0 aliphatic heterocycles. The average molecular weight is 231 g/mol. The van der Waals surface area contributed by atoms with Crippen LogP contribution in [0.3, 0.4) is 0 Å². The van der Waals surface area contributed by atoms with Gasteiger partial charge >= 0.3 is 5.97 Å². The number of rotatable bonds is 3. The molecule has 1 aromatic rings. The maximum absolute atomic E-state index is 13.4. The molecular weight excluding hydrogens is 219 g/mol. The lowest BCUT2D eigenvalue weighted by Crippen LogP contribution is -2.11. The second-order valence-electron chi connectivity index (χ2n) is 3.07. The molecule has 0 saturated carbocycles. The lowest BCUT2D eigenvalue weighted by atomic mass is 10.0. The van der Waals surface area contributed by atoms with Crippen molar-refractivity contribution >= 4 is 17.6 Å². The average Bonchev–Trinajstić information content (AvgIpc) is 2.21. The third-order valence-corrected chi connectivity index (χ3v) is 2.38. The summed E-state index contributed by atoms with van der Waals surface area (Å²) in [5.74, 6) is -1.15. The summed E-state index contributed by atoms with van der Waals surface area (Å²) in [6.07, 6.45) is 0. The highest BCUT2D eigenvalue weighted by atomic mass is 35.5. The molecule has 0 saturated heterocycles. The Labute approximate surface area is 93.0 Å². The smallest absolute Gasteiger partial charge is 0.341 e. The van der Waals surface area contributed by atoms with E-state index >= 15 is 0 Å². The molecule has 0 fully saturated rings. The molecule has 0 N–H and O–H groups in total. The number of carbonyl (C=O) groups is 1. The van der Waals surface area contributed by atoms with Gasteiger partial charge in [-0.05, 0) is 31.0 Å². The van der Waals surface area contributed by atoms with E-state index < -0.39 is 11.8 Å². The predicted molar refractivity (Wildman–Crippen MR) is 56.7 cm³/mol. The largest absolute Gasteiger partial charge is 0.462 e. The zero-order chi connectivity index (χ0) is 11.4. The minimum atomic E-state index is -0.658. The van der Waals surface area contributed by atoms with Crippen LogP contribution in [0.5, 0.6) is 0 Å². The van der Waals surface area contributed by atoms with Gasteiger partial charge in [0.15, 0.2) is 0 Å². The van der Waals surface area contributed by atoms with Crippen molar-refractivity contribution in [3.05, 3.63) is 34.6 Å². The van der Waals surface area contributed by atoms with Crippen molar-refractivity contribution in [3.8, 4) is 0 Å². The number of ether oxygens (including phenoxy) is 1. The van der Waals surface area contributed by atoms with Crippen molar-refractivity contribution in [1.29, 1.82) is 0 Å². The zero-order valence-corrected chi connectivity index (χ0v) is 9.40. The molecule has 4 heteroatoms. The summed E-state index contributed by atoms with van der Waals surface area (Å²) in [6, 6.07) is 2.84. The van der Waals surface area contributed by atoms with Crippen LogP contribution in [0.4, 0.5) is 4.39 Å². The first-order chi connectivity index (χ1) is 7.11. The van der Waals surface area contributed by atoms with Crippen molar-refractivity contribution in [2.75, 3.05) is 6.61 Å². The van der Waals surface area contributed by atoms with Crippen molar-refractivity contribution in [1.82, 2.24) is 0 Å². The number of hydrogen-bond donors (Lipinski definition) is 0. The van der Waals surface area contributed by atoms with E-state index in [0.717, 1.165) is 5.56 Å². The summed E-state index contributed by atoms with van der Waals surface area (Å²) in [7, 11) is 0. The molecule has 15 heavy (non-hydrogen) atoms. The van der Waals surface area contributed by atoms with E-state index in [2.05, 4.69) is 0 Å². The van der Waals surface area contributed by atoms with E-state index in [1.165, 1.54) is 6.07 Å². The summed E-state index contributed by atoms with van der Waals surface area (Å²) in [6.45, 7) is 3.67. The zero-order valence-electron chi connectivity index (χ0n) is 8.64. The SMILES string of the molecule is CCOC(=O)c1c(F)ccc(C)c1CCl. The Morgan fingerprint density at radius 2 is 2.20 bits per heavy atom. The Morgan fingerprint density at radius 1 is 1.53 bits per heavy atom. The molecule has 0 aliphatic carbocycles. The summed E-state index contributed by atoms with van der Waals surface area (Å²) >= 11 is 5.68. The third kappa shape index (κ3) is 2.48. The van der Waals surface area contributed by atoms with Gasteiger partial charge in [-0.2, -0.15) is 0 Å². The highest BCUT2D eigenvalue weighted by molar-refractivity contribution is 6.17. The predicted octanol–water partition coefficient (Wildman–Crippen LogP) is 3.05. The van der Waals surface area contributed by atoms with Crippen LogP contribution in [-0.2, 0) is 10.6 Å². The quantitative estimate of drug-likeness (QED) is 0.589. The number of aryl methyl sites for hydroxylation is 1. The van der Waals surface area contributed by atoms with Gasteiger partial charge < -0.3 is 4.74 Å². The van der Waals surface area contributed by atoms with Gasteiger partial charge in [-0.1, -0.05) is 6.07 Å². The van der Waals surface area contributed by atoms with E-state index in [9.17, 15) is 9.18 Å². The van der Waals surface area contributed by atoms with Gasteiger partial charge in [0.05, 0.1) is 12.2 Å². The number of halogens is 2. The molecule has 0 heterocycles. The van der Waals surface area contributed by atoms with Crippen LogP contribution in [-0.4, -0.2) is 12.6 Å². The Balaban J connectivity index is 3.24. The minimum Gasteiger partial charge on any atom is -0.462 e. The summed E-state index contributed by atoms with van der Waals surface area (Å²) < 4.78 is 18.2. The van der Waals surface area contributed by atoms with Gasteiger partial charge in [0, 0.05) is 5.88 Å². The Kier molecular flexibility index (Phi) is 4.09. The number of hydrogen-bond acceptors (Lipinski definition) is 2. The number of benzene rings is 1. The van der Waals surface area contributed by atoms with Gasteiger partial charge in [-0.3, -0.25) is 0 Å². The maximum Gasteiger partial charge on any atom is 0.341 e. The van der Waals surface area contributed by atoms with Crippen LogP contribution in [0.2, 0.25) is 0 Å². The van der Waals surface area contributed by atoms with Gasteiger partial charge in [0.25, 0.3) is 0 Å². The molecule has 0 aliphatic rings. The van der Waals surface area contributed by atoms with Crippen LogP contribution in [0.1, 0.15) is 28.4 Å². The first-order valence-corrected chi connectivity index (χ1v) is 5.16. The van der Waals surface area contributed by atoms with Gasteiger partial charge in [-0.15, -0.1) is 11.6 Å². The molecule has 0 amide bonds. The highest BCUT2D eigenvalue weighted by Crippen LogP contribution is 2.20. The van der Waals surface area contributed by atoms with Crippen LogP contribution in [0.25, 0.3) is 0 Å². The van der Waals surface area contributed by atoms with E-state index in [4.69, 9.17) is 16.3 Å². The Morgan fingerprint density at radius 3 is 2.73 bits per heavy atom. The van der Waals surface area contributed by atoms with Crippen molar-refractivity contribution < 1.29 is 13.9 Å². The second kappa shape index (κ2) is 5.12. The molecule has 0 radical (unpaired) electrons. The molecule has 2 nitrogen and oxygen atoms in total.